The van der Waals surface area contributed by atoms with E-state index in [4.69, 9.17) is 5.11 Å². The molecule has 0 unspecified atom stereocenters. The second kappa shape index (κ2) is 6.13. The summed E-state index contributed by atoms with van der Waals surface area (Å²) >= 11 is 1.21. The molecule has 1 heterocycles. The summed E-state index contributed by atoms with van der Waals surface area (Å²) in [5.41, 5.74) is 1.33. The number of hydrogen-bond acceptors (Lipinski definition) is 4. The van der Waals surface area contributed by atoms with Crippen LogP contribution in [0.2, 0.25) is 0 Å². The summed E-state index contributed by atoms with van der Waals surface area (Å²) in [7, 11) is 0. The Bertz CT molecular complexity index is 880. The number of nitrogens with zero attached hydrogens (tertiary/aromatic N) is 1. The topological polar surface area (TPSA) is 62.2 Å². The number of aromatic nitrogens is 1. The number of anilines is 2. The molecule has 0 spiro atoms. The van der Waals surface area contributed by atoms with E-state index < -0.39 is 17.6 Å². The second-order valence-corrected chi connectivity index (χ2v) is 5.51. The summed E-state index contributed by atoms with van der Waals surface area (Å²) in [4.78, 5) is 15.3. The average molecular weight is 332 g/mol. The molecule has 0 aliphatic rings. The van der Waals surface area contributed by atoms with E-state index in [9.17, 15) is 13.6 Å². The van der Waals surface area contributed by atoms with Gasteiger partial charge < -0.3 is 10.4 Å². The molecule has 4 nitrogen and oxygen atoms in total. The van der Waals surface area contributed by atoms with Crippen molar-refractivity contribution in [2.24, 2.45) is 0 Å². The molecule has 0 atom stereocenters. The van der Waals surface area contributed by atoms with E-state index in [0.717, 1.165) is 6.07 Å². The van der Waals surface area contributed by atoms with Gasteiger partial charge in [0, 0.05) is 10.9 Å². The molecule has 0 fully saturated rings. The third kappa shape index (κ3) is 3.19. The predicted molar refractivity (Wildman–Crippen MR) is 84.2 cm³/mol. The highest BCUT2D eigenvalue weighted by atomic mass is 32.1. The van der Waals surface area contributed by atoms with Crippen molar-refractivity contribution in [3.8, 4) is 11.3 Å². The van der Waals surface area contributed by atoms with E-state index in [1.807, 2.05) is 0 Å². The van der Waals surface area contributed by atoms with Gasteiger partial charge in [0.15, 0.2) is 16.8 Å². The Hall–Kier alpha value is -2.80. The van der Waals surface area contributed by atoms with Crippen molar-refractivity contribution < 1.29 is 18.7 Å². The number of aromatic carboxylic acids is 1. The number of nitrogens with one attached hydrogen (secondary N) is 1. The number of halogens is 2. The monoisotopic (exact) mass is 332 g/mol. The molecule has 3 rings (SSSR count). The standard InChI is InChI=1S/C16H10F2N2O2S/c17-11-5-2-6-12(14(11)18)19-16-20-13(8-23-16)9-3-1-4-10(7-9)15(21)22/h1-8H,(H,19,20)(H,21,22). The minimum absolute atomic E-state index is 0.00909. The molecule has 2 aromatic carbocycles. The lowest BCUT2D eigenvalue weighted by Crippen LogP contribution is -1.96. The molecule has 116 valence electrons. The Morgan fingerprint density at radius 3 is 2.74 bits per heavy atom. The summed E-state index contributed by atoms with van der Waals surface area (Å²) in [5, 5.41) is 13.8. The molecular formula is C16H10F2N2O2S. The first-order chi connectivity index (χ1) is 11.0. The number of carboxylic acids is 1. The van der Waals surface area contributed by atoms with Crippen molar-refractivity contribution in [3.05, 3.63) is 65.0 Å². The van der Waals surface area contributed by atoms with E-state index in [2.05, 4.69) is 10.3 Å². The molecule has 0 amide bonds. The van der Waals surface area contributed by atoms with Crippen molar-refractivity contribution in [1.29, 1.82) is 0 Å². The van der Waals surface area contributed by atoms with Gasteiger partial charge in [-0.15, -0.1) is 11.3 Å². The predicted octanol–water partition coefficient (Wildman–Crippen LogP) is 4.53. The lowest BCUT2D eigenvalue weighted by Gasteiger charge is -2.04. The van der Waals surface area contributed by atoms with Gasteiger partial charge in [-0.1, -0.05) is 18.2 Å². The first-order valence-corrected chi connectivity index (χ1v) is 7.43. The van der Waals surface area contributed by atoms with Crippen molar-refractivity contribution in [2.75, 3.05) is 5.32 Å². The Kier molecular flexibility index (Phi) is 4.03. The molecule has 0 aliphatic heterocycles. The van der Waals surface area contributed by atoms with Crippen LogP contribution in [-0.2, 0) is 0 Å². The van der Waals surface area contributed by atoms with Crippen LogP contribution in [0.4, 0.5) is 19.6 Å². The van der Waals surface area contributed by atoms with Crippen LogP contribution in [0.25, 0.3) is 11.3 Å². The van der Waals surface area contributed by atoms with Gasteiger partial charge in [-0.25, -0.2) is 18.6 Å². The highest BCUT2D eigenvalue weighted by molar-refractivity contribution is 7.14. The molecule has 0 saturated heterocycles. The van der Waals surface area contributed by atoms with E-state index in [-0.39, 0.29) is 11.3 Å². The minimum Gasteiger partial charge on any atom is -0.478 e. The van der Waals surface area contributed by atoms with E-state index in [1.165, 1.54) is 35.6 Å². The van der Waals surface area contributed by atoms with Gasteiger partial charge in [0.25, 0.3) is 0 Å². The molecule has 1 aromatic heterocycles. The molecule has 3 aromatic rings. The quantitative estimate of drug-likeness (QED) is 0.737. The normalized spacial score (nSPS) is 10.5. The maximum absolute atomic E-state index is 13.6. The van der Waals surface area contributed by atoms with Crippen molar-refractivity contribution in [3.63, 3.8) is 0 Å². The van der Waals surface area contributed by atoms with Gasteiger partial charge >= 0.3 is 5.97 Å². The highest BCUT2D eigenvalue weighted by Gasteiger charge is 2.11. The van der Waals surface area contributed by atoms with Gasteiger partial charge in [0.1, 0.15) is 0 Å². The first-order valence-electron chi connectivity index (χ1n) is 6.55. The van der Waals surface area contributed by atoms with Crippen molar-refractivity contribution >= 4 is 28.1 Å². The van der Waals surface area contributed by atoms with Crippen LogP contribution in [-0.4, -0.2) is 16.1 Å². The number of rotatable bonds is 4. The Morgan fingerprint density at radius 2 is 1.96 bits per heavy atom. The van der Waals surface area contributed by atoms with Gasteiger partial charge in [-0.05, 0) is 24.3 Å². The molecule has 0 saturated carbocycles. The molecule has 2 N–H and O–H groups in total. The molecule has 7 heteroatoms. The Labute approximate surface area is 134 Å². The molecule has 0 aliphatic carbocycles. The smallest absolute Gasteiger partial charge is 0.335 e. The summed E-state index contributed by atoms with van der Waals surface area (Å²) in [6, 6.07) is 10.2. The number of benzene rings is 2. The summed E-state index contributed by atoms with van der Waals surface area (Å²) in [6.07, 6.45) is 0. The number of carboxylic acid groups (broad SMARTS) is 1. The SMILES string of the molecule is O=C(O)c1cccc(-c2csc(Nc3cccc(F)c3F)n2)c1. The van der Waals surface area contributed by atoms with Gasteiger partial charge in [0.05, 0.1) is 16.9 Å². The molecule has 0 radical (unpaired) electrons. The van der Waals surface area contributed by atoms with Crippen molar-refractivity contribution in [2.45, 2.75) is 0 Å². The zero-order chi connectivity index (χ0) is 16.4. The van der Waals surface area contributed by atoms with Crippen LogP contribution in [0.3, 0.4) is 0 Å². The second-order valence-electron chi connectivity index (χ2n) is 4.65. The average Bonchev–Trinajstić information content (AvgIpc) is 3.00. The van der Waals surface area contributed by atoms with Gasteiger partial charge in [0.2, 0.25) is 0 Å². The Balaban J connectivity index is 1.87. The fourth-order valence-corrected chi connectivity index (χ4v) is 2.72. The van der Waals surface area contributed by atoms with Gasteiger partial charge in [-0.2, -0.15) is 0 Å². The van der Waals surface area contributed by atoms with Crippen LogP contribution in [0.15, 0.2) is 47.8 Å². The van der Waals surface area contributed by atoms with Crippen LogP contribution in [0.5, 0.6) is 0 Å². The summed E-state index contributed by atoms with van der Waals surface area (Å²) in [5.74, 6) is -2.94. The summed E-state index contributed by atoms with van der Waals surface area (Å²) < 4.78 is 26.8. The number of carbonyl (C=O) groups is 1. The third-order valence-corrected chi connectivity index (χ3v) is 3.86. The van der Waals surface area contributed by atoms with Crippen LogP contribution < -0.4 is 5.32 Å². The fraction of sp³-hybridized carbons (Fsp3) is 0. The maximum atomic E-state index is 13.6. The zero-order valence-electron chi connectivity index (χ0n) is 11.6. The largest absolute Gasteiger partial charge is 0.478 e. The van der Waals surface area contributed by atoms with E-state index in [1.54, 1.807) is 17.5 Å². The van der Waals surface area contributed by atoms with Crippen LogP contribution in [0.1, 0.15) is 10.4 Å². The lowest BCUT2D eigenvalue weighted by atomic mass is 10.1. The molecule has 0 bridgehead atoms. The first kappa shape index (κ1) is 15.1. The maximum Gasteiger partial charge on any atom is 0.335 e. The van der Waals surface area contributed by atoms with Crippen molar-refractivity contribution in [1.82, 2.24) is 4.98 Å². The third-order valence-electron chi connectivity index (χ3n) is 3.10. The molecule has 23 heavy (non-hydrogen) atoms. The number of hydrogen-bond donors (Lipinski definition) is 2. The number of thiazole rings is 1. The van der Waals surface area contributed by atoms with Gasteiger partial charge in [-0.3, -0.25) is 0 Å². The molecular weight excluding hydrogens is 322 g/mol. The van der Waals surface area contributed by atoms with Crippen LogP contribution in [0, 0.1) is 11.6 Å². The van der Waals surface area contributed by atoms with E-state index >= 15 is 0 Å². The van der Waals surface area contributed by atoms with Crippen LogP contribution >= 0.6 is 11.3 Å². The summed E-state index contributed by atoms with van der Waals surface area (Å²) in [6.45, 7) is 0. The zero-order valence-corrected chi connectivity index (χ0v) is 12.4. The van der Waals surface area contributed by atoms with E-state index in [0.29, 0.717) is 16.4 Å². The lowest BCUT2D eigenvalue weighted by molar-refractivity contribution is 0.0697. The fourth-order valence-electron chi connectivity index (χ4n) is 1.99. The Morgan fingerprint density at radius 1 is 1.17 bits per heavy atom. The highest BCUT2D eigenvalue weighted by Crippen LogP contribution is 2.29. The minimum atomic E-state index is -1.03.